The highest BCUT2D eigenvalue weighted by Gasteiger charge is 2.32. The zero-order valence-corrected chi connectivity index (χ0v) is 10.7. The molecule has 0 unspecified atom stereocenters. The maximum Gasteiger partial charge on any atom is 0.123 e. The van der Waals surface area contributed by atoms with E-state index < -0.39 is 5.60 Å². The van der Waals surface area contributed by atoms with Crippen molar-refractivity contribution in [1.82, 2.24) is 0 Å². The van der Waals surface area contributed by atoms with Crippen LogP contribution in [0.1, 0.15) is 43.7 Å². The second-order valence-electron chi connectivity index (χ2n) is 5.65. The maximum absolute atomic E-state index is 13.2. The quantitative estimate of drug-likeness (QED) is 0.831. The van der Waals surface area contributed by atoms with Gasteiger partial charge in [0.1, 0.15) is 5.82 Å². The molecule has 0 spiro atoms. The fraction of sp³-hybridized carbons (Fsp3) is 0.600. The van der Waals surface area contributed by atoms with E-state index in [1.54, 1.807) is 12.1 Å². The van der Waals surface area contributed by atoms with E-state index in [1.165, 1.54) is 6.07 Å². The Morgan fingerprint density at radius 2 is 2.00 bits per heavy atom. The molecular weight excluding hydrogens is 215 g/mol. The predicted molar refractivity (Wildman–Crippen MR) is 67.4 cm³/mol. The highest BCUT2D eigenvalue weighted by molar-refractivity contribution is 5.28. The van der Waals surface area contributed by atoms with Crippen LogP contribution in [-0.2, 0) is 6.42 Å². The van der Waals surface area contributed by atoms with Crippen LogP contribution >= 0.6 is 0 Å². The van der Waals surface area contributed by atoms with Crippen molar-refractivity contribution in [3.8, 4) is 0 Å². The molecule has 0 aliphatic heterocycles. The summed E-state index contributed by atoms with van der Waals surface area (Å²) in [4.78, 5) is 0. The van der Waals surface area contributed by atoms with Crippen molar-refractivity contribution in [2.45, 2.75) is 51.6 Å². The summed E-state index contributed by atoms with van der Waals surface area (Å²) in [5, 5.41) is 10.5. The molecule has 1 N–H and O–H groups in total. The minimum Gasteiger partial charge on any atom is -0.390 e. The van der Waals surface area contributed by atoms with Crippen LogP contribution in [0.4, 0.5) is 4.39 Å². The summed E-state index contributed by atoms with van der Waals surface area (Å²) in [5.41, 5.74) is 1.39. The molecule has 0 heterocycles. The smallest absolute Gasteiger partial charge is 0.123 e. The number of benzene rings is 1. The largest absolute Gasteiger partial charge is 0.390 e. The SMILES string of the molecule is Cc1ccc(F)cc1CC1(O)CCC(C)CC1. The molecule has 0 amide bonds. The van der Waals surface area contributed by atoms with E-state index in [0.717, 1.165) is 36.8 Å². The minimum absolute atomic E-state index is 0.210. The monoisotopic (exact) mass is 236 g/mol. The highest BCUT2D eigenvalue weighted by atomic mass is 19.1. The number of hydrogen-bond donors (Lipinski definition) is 1. The fourth-order valence-corrected chi connectivity index (χ4v) is 2.66. The molecule has 94 valence electrons. The van der Waals surface area contributed by atoms with Crippen molar-refractivity contribution in [2.75, 3.05) is 0 Å². The molecular formula is C15H21FO. The zero-order valence-electron chi connectivity index (χ0n) is 10.7. The topological polar surface area (TPSA) is 20.2 Å². The molecule has 1 aromatic rings. The molecule has 0 radical (unpaired) electrons. The van der Waals surface area contributed by atoms with Gasteiger partial charge in [-0.15, -0.1) is 0 Å². The molecule has 1 aliphatic rings. The van der Waals surface area contributed by atoms with Gasteiger partial charge in [-0.2, -0.15) is 0 Å². The Bertz CT molecular complexity index is 392. The molecule has 0 atom stereocenters. The Morgan fingerprint density at radius 1 is 1.35 bits per heavy atom. The van der Waals surface area contributed by atoms with E-state index in [9.17, 15) is 9.50 Å². The average Bonchev–Trinajstić information content (AvgIpc) is 2.28. The second-order valence-corrected chi connectivity index (χ2v) is 5.65. The molecule has 2 rings (SSSR count). The summed E-state index contributed by atoms with van der Waals surface area (Å²) in [7, 11) is 0. The van der Waals surface area contributed by atoms with Crippen LogP contribution in [0.5, 0.6) is 0 Å². The summed E-state index contributed by atoms with van der Waals surface area (Å²) in [6.07, 6.45) is 4.41. The molecule has 2 heteroatoms. The molecule has 17 heavy (non-hydrogen) atoms. The molecule has 0 saturated heterocycles. The van der Waals surface area contributed by atoms with E-state index in [1.807, 2.05) is 6.92 Å². The van der Waals surface area contributed by atoms with Crippen LogP contribution < -0.4 is 0 Å². The first-order chi connectivity index (χ1) is 7.98. The first kappa shape index (κ1) is 12.6. The van der Waals surface area contributed by atoms with Crippen molar-refractivity contribution < 1.29 is 9.50 Å². The van der Waals surface area contributed by atoms with Crippen molar-refractivity contribution in [3.05, 3.63) is 35.1 Å². The summed E-state index contributed by atoms with van der Waals surface area (Å²) < 4.78 is 13.2. The summed E-state index contributed by atoms with van der Waals surface area (Å²) in [5.74, 6) is 0.502. The Morgan fingerprint density at radius 3 is 2.65 bits per heavy atom. The summed E-state index contributed by atoms with van der Waals surface area (Å²) in [6.45, 7) is 4.20. The lowest BCUT2D eigenvalue weighted by molar-refractivity contribution is -0.00683. The lowest BCUT2D eigenvalue weighted by Crippen LogP contribution is -2.36. The first-order valence-electron chi connectivity index (χ1n) is 6.46. The maximum atomic E-state index is 13.2. The van der Waals surface area contributed by atoms with Gasteiger partial charge in [-0.1, -0.05) is 13.0 Å². The van der Waals surface area contributed by atoms with Crippen LogP contribution in [0.25, 0.3) is 0 Å². The first-order valence-corrected chi connectivity index (χ1v) is 6.46. The van der Waals surface area contributed by atoms with Crippen LogP contribution in [0.15, 0.2) is 18.2 Å². The minimum atomic E-state index is -0.620. The molecule has 0 bridgehead atoms. The Labute approximate surface area is 103 Å². The lowest BCUT2D eigenvalue weighted by Gasteiger charge is -2.35. The van der Waals surface area contributed by atoms with Crippen molar-refractivity contribution in [2.24, 2.45) is 5.92 Å². The number of hydrogen-bond acceptors (Lipinski definition) is 1. The van der Waals surface area contributed by atoms with Crippen LogP contribution in [0.2, 0.25) is 0 Å². The molecule has 1 saturated carbocycles. The molecule has 1 nitrogen and oxygen atoms in total. The molecule has 1 fully saturated rings. The number of halogens is 1. The van der Waals surface area contributed by atoms with Crippen molar-refractivity contribution in [1.29, 1.82) is 0 Å². The lowest BCUT2D eigenvalue weighted by atomic mass is 9.76. The van der Waals surface area contributed by atoms with E-state index in [4.69, 9.17) is 0 Å². The highest BCUT2D eigenvalue weighted by Crippen LogP contribution is 2.34. The van der Waals surface area contributed by atoms with Gasteiger partial charge in [-0.3, -0.25) is 0 Å². The van der Waals surface area contributed by atoms with E-state index >= 15 is 0 Å². The number of aryl methyl sites for hydroxylation is 1. The van der Waals surface area contributed by atoms with Gasteiger partial charge < -0.3 is 5.11 Å². The molecule has 1 aromatic carbocycles. The van der Waals surface area contributed by atoms with E-state index in [2.05, 4.69) is 6.92 Å². The fourth-order valence-electron chi connectivity index (χ4n) is 2.66. The average molecular weight is 236 g/mol. The zero-order chi connectivity index (χ0) is 12.5. The third kappa shape index (κ3) is 3.06. The van der Waals surface area contributed by atoms with E-state index in [-0.39, 0.29) is 5.82 Å². The summed E-state index contributed by atoms with van der Waals surface area (Å²) in [6, 6.07) is 4.83. The van der Waals surface area contributed by atoms with Crippen molar-refractivity contribution >= 4 is 0 Å². The van der Waals surface area contributed by atoms with Gasteiger partial charge in [-0.05, 0) is 61.8 Å². The van der Waals surface area contributed by atoms with E-state index in [0.29, 0.717) is 12.3 Å². The van der Waals surface area contributed by atoms with Gasteiger partial charge in [0.05, 0.1) is 5.60 Å². The molecule has 1 aliphatic carbocycles. The van der Waals surface area contributed by atoms with Gasteiger partial charge in [-0.25, -0.2) is 4.39 Å². The van der Waals surface area contributed by atoms with Gasteiger partial charge in [0.25, 0.3) is 0 Å². The van der Waals surface area contributed by atoms with Gasteiger partial charge >= 0.3 is 0 Å². The van der Waals surface area contributed by atoms with Gasteiger partial charge in [0.15, 0.2) is 0 Å². The van der Waals surface area contributed by atoms with Crippen molar-refractivity contribution in [3.63, 3.8) is 0 Å². The van der Waals surface area contributed by atoms with Gasteiger partial charge in [0, 0.05) is 6.42 Å². The third-order valence-electron chi connectivity index (χ3n) is 4.04. The normalized spacial score (nSPS) is 29.3. The predicted octanol–water partition coefficient (Wildman–Crippen LogP) is 3.62. The van der Waals surface area contributed by atoms with Crippen LogP contribution in [-0.4, -0.2) is 10.7 Å². The molecule has 0 aromatic heterocycles. The number of aliphatic hydroxyl groups is 1. The van der Waals surface area contributed by atoms with Crippen LogP contribution in [0, 0.1) is 18.7 Å². The number of rotatable bonds is 2. The Balaban J connectivity index is 2.12. The van der Waals surface area contributed by atoms with Gasteiger partial charge in [0.2, 0.25) is 0 Å². The Kier molecular flexibility index (Phi) is 3.53. The summed E-state index contributed by atoms with van der Waals surface area (Å²) >= 11 is 0. The standard InChI is InChI=1S/C15H21FO/c1-11-5-7-15(17,8-6-11)10-13-9-14(16)4-3-12(13)2/h3-4,9,11,17H,5-8,10H2,1-2H3. The Hall–Kier alpha value is -0.890. The third-order valence-corrected chi connectivity index (χ3v) is 4.04. The second kappa shape index (κ2) is 4.77. The van der Waals surface area contributed by atoms with Crippen LogP contribution in [0.3, 0.4) is 0 Å².